The largest absolute Gasteiger partial charge is 0.378 e. The minimum Gasteiger partial charge on any atom is -0.378 e. The highest BCUT2D eigenvalue weighted by atomic mass is 35.5. The average Bonchev–Trinajstić information content (AvgIpc) is 3.22. The van der Waals surface area contributed by atoms with Gasteiger partial charge >= 0.3 is 0 Å². The highest BCUT2D eigenvalue weighted by Gasteiger charge is 2.16. The fourth-order valence-corrected chi connectivity index (χ4v) is 4.00. The molecular formula is C18H25ClN6O2S. The molecule has 152 valence electrons. The van der Waals surface area contributed by atoms with Crippen LogP contribution in [0.3, 0.4) is 0 Å². The third-order valence-electron chi connectivity index (χ3n) is 4.19. The van der Waals surface area contributed by atoms with Gasteiger partial charge in [-0.15, -0.1) is 11.3 Å². The van der Waals surface area contributed by atoms with Crippen LogP contribution in [-0.4, -0.2) is 53.2 Å². The van der Waals surface area contributed by atoms with Crippen molar-refractivity contribution in [1.82, 2.24) is 20.2 Å². The molecule has 3 heterocycles. The van der Waals surface area contributed by atoms with Crippen molar-refractivity contribution in [2.75, 3.05) is 31.2 Å². The summed E-state index contributed by atoms with van der Waals surface area (Å²) in [7, 11) is 0. The molecule has 0 radical (unpaired) electrons. The van der Waals surface area contributed by atoms with Crippen molar-refractivity contribution in [2.24, 2.45) is 11.0 Å². The zero-order valence-corrected chi connectivity index (χ0v) is 17.9. The number of thiazole rings is 1. The van der Waals surface area contributed by atoms with Crippen LogP contribution < -0.4 is 10.3 Å². The first-order valence-corrected chi connectivity index (χ1v) is 10.5. The summed E-state index contributed by atoms with van der Waals surface area (Å²) in [6, 6.07) is 0. The quantitative estimate of drug-likeness (QED) is 0.545. The summed E-state index contributed by atoms with van der Waals surface area (Å²) in [5.41, 5.74) is 4.76. The van der Waals surface area contributed by atoms with Crippen molar-refractivity contribution in [3.63, 3.8) is 0 Å². The van der Waals surface area contributed by atoms with E-state index in [2.05, 4.69) is 39.4 Å². The van der Waals surface area contributed by atoms with Crippen LogP contribution in [0.25, 0.3) is 0 Å². The molecule has 0 aromatic carbocycles. The summed E-state index contributed by atoms with van der Waals surface area (Å²) >= 11 is 7.91. The van der Waals surface area contributed by atoms with E-state index in [-0.39, 0.29) is 12.3 Å². The van der Waals surface area contributed by atoms with E-state index in [1.807, 2.05) is 12.3 Å². The number of hydrazone groups is 1. The lowest BCUT2D eigenvalue weighted by molar-refractivity contribution is -0.120. The number of halogens is 1. The van der Waals surface area contributed by atoms with Gasteiger partial charge in [0.2, 0.25) is 5.91 Å². The first kappa shape index (κ1) is 20.8. The van der Waals surface area contributed by atoms with Gasteiger partial charge in [0, 0.05) is 25.0 Å². The van der Waals surface area contributed by atoms with Crippen LogP contribution >= 0.6 is 22.9 Å². The molecule has 0 spiro atoms. The molecule has 1 amide bonds. The smallest absolute Gasteiger partial charge is 0.246 e. The third kappa shape index (κ3) is 5.30. The molecular weight excluding hydrogens is 400 g/mol. The molecule has 8 nitrogen and oxygen atoms in total. The lowest BCUT2D eigenvalue weighted by atomic mass is 10.2. The van der Waals surface area contributed by atoms with Gasteiger partial charge in [0.25, 0.3) is 0 Å². The van der Waals surface area contributed by atoms with Gasteiger partial charge in [-0.05, 0) is 12.8 Å². The fourth-order valence-electron chi connectivity index (χ4n) is 2.83. The maximum atomic E-state index is 12.2. The summed E-state index contributed by atoms with van der Waals surface area (Å²) in [6.07, 6.45) is 1.72. The second kappa shape index (κ2) is 9.49. The monoisotopic (exact) mass is 424 g/mol. The van der Waals surface area contributed by atoms with Crippen LogP contribution in [0.2, 0.25) is 5.15 Å². The molecule has 0 saturated carbocycles. The predicted molar refractivity (Wildman–Crippen MR) is 111 cm³/mol. The number of ether oxygens (including phenoxy) is 1. The highest BCUT2D eigenvalue weighted by Crippen LogP contribution is 2.22. The molecule has 0 atom stereocenters. The van der Waals surface area contributed by atoms with Gasteiger partial charge in [-0.1, -0.05) is 25.4 Å². The Bertz CT molecular complexity index is 841. The van der Waals surface area contributed by atoms with Crippen molar-refractivity contribution >= 4 is 40.2 Å². The first-order valence-electron chi connectivity index (χ1n) is 9.26. The number of aromatic nitrogens is 3. The molecule has 28 heavy (non-hydrogen) atoms. The van der Waals surface area contributed by atoms with Crippen LogP contribution in [0.15, 0.2) is 10.5 Å². The van der Waals surface area contributed by atoms with E-state index in [1.54, 1.807) is 22.2 Å². The lowest BCUT2D eigenvalue weighted by Crippen LogP contribution is -2.36. The van der Waals surface area contributed by atoms with E-state index in [0.29, 0.717) is 29.8 Å². The van der Waals surface area contributed by atoms with Gasteiger partial charge in [-0.3, -0.25) is 9.48 Å². The topological polar surface area (TPSA) is 84.6 Å². The number of carbonyl (C=O) groups is 1. The Hall–Kier alpha value is -1.97. The highest BCUT2D eigenvalue weighted by molar-refractivity contribution is 7.13. The minimum atomic E-state index is -0.224. The molecule has 0 aliphatic carbocycles. The number of nitrogens with zero attached hydrogens (tertiary/aromatic N) is 5. The van der Waals surface area contributed by atoms with E-state index in [0.717, 1.165) is 36.2 Å². The van der Waals surface area contributed by atoms with Crippen LogP contribution in [0.1, 0.15) is 30.8 Å². The number of hydrogen-bond acceptors (Lipinski definition) is 7. The Morgan fingerprint density at radius 2 is 2.21 bits per heavy atom. The summed E-state index contributed by atoms with van der Waals surface area (Å²) in [6.45, 7) is 9.87. The second-order valence-electron chi connectivity index (χ2n) is 7.06. The number of anilines is 1. The average molecular weight is 425 g/mol. The number of amides is 1. The van der Waals surface area contributed by atoms with Gasteiger partial charge in [0.15, 0.2) is 5.13 Å². The Morgan fingerprint density at radius 1 is 1.46 bits per heavy atom. The SMILES string of the molecule is Cc1nn(CC(C)C)c(Cl)c1/C=N\NC(=O)Cc1csc(N2CCOCC2)n1. The van der Waals surface area contributed by atoms with E-state index in [9.17, 15) is 4.79 Å². The minimum absolute atomic E-state index is 0.178. The summed E-state index contributed by atoms with van der Waals surface area (Å²) in [5.74, 6) is 0.209. The lowest BCUT2D eigenvalue weighted by Gasteiger charge is -2.26. The van der Waals surface area contributed by atoms with Crippen molar-refractivity contribution in [1.29, 1.82) is 0 Å². The fraction of sp³-hybridized carbons (Fsp3) is 0.556. The Labute approximate surface area is 173 Å². The van der Waals surface area contributed by atoms with Gasteiger partial charge in [0.1, 0.15) is 5.15 Å². The summed E-state index contributed by atoms with van der Waals surface area (Å²) < 4.78 is 7.11. The zero-order chi connectivity index (χ0) is 20.1. The van der Waals surface area contributed by atoms with E-state index >= 15 is 0 Å². The molecule has 2 aromatic heterocycles. The molecule has 2 aromatic rings. The van der Waals surface area contributed by atoms with E-state index < -0.39 is 0 Å². The normalized spacial score (nSPS) is 15.0. The maximum absolute atomic E-state index is 12.2. The van der Waals surface area contributed by atoms with Crippen molar-refractivity contribution in [3.05, 3.63) is 27.5 Å². The number of aryl methyl sites for hydroxylation is 1. The van der Waals surface area contributed by atoms with Crippen LogP contribution in [0, 0.1) is 12.8 Å². The zero-order valence-electron chi connectivity index (χ0n) is 16.3. The molecule has 10 heteroatoms. The Morgan fingerprint density at radius 3 is 2.93 bits per heavy atom. The molecule has 1 saturated heterocycles. The van der Waals surface area contributed by atoms with Gasteiger partial charge in [-0.25, -0.2) is 10.4 Å². The van der Waals surface area contributed by atoms with Crippen molar-refractivity contribution in [2.45, 2.75) is 33.7 Å². The maximum Gasteiger partial charge on any atom is 0.246 e. The summed E-state index contributed by atoms with van der Waals surface area (Å²) in [5, 5.41) is 11.8. The number of hydrogen-bond donors (Lipinski definition) is 1. The molecule has 0 unspecified atom stereocenters. The number of morpholine rings is 1. The molecule has 1 fully saturated rings. The molecule has 0 bridgehead atoms. The van der Waals surface area contributed by atoms with Crippen LogP contribution in [0.4, 0.5) is 5.13 Å². The van der Waals surface area contributed by atoms with Crippen molar-refractivity contribution < 1.29 is 9.53 Å². The molecule has 1 aliphatic rings. The van der Waals surface area contributed by atoms with Crippen molar-refractivity contribution in [3.8, 4) is 0 Å². The van der Waals surface area contributed by atoms with E-state index in [1.165, 1.54) is 0 Å². The molecule has 1 aliphatic heterocycles. The number of carbonyl (C=O) groups excluding carboxylic acids is 1. The van der Waals surface area contributed by atoms with Gasteiger partial charge < -0.3 is 9.64 Å². The Balaban J connectivity index is 1.54. The van der Waals surface area contributed by atoms with Gasteiger partial charge in [-0.2, -0.15) is 10.2 Å². The third-order valence-corrected chi connectivity index (χ3v) is 5.54. The number of rotatable bonds is 7. The number of nitrogens with one attached hydrogen (secondary N) is 1. The predicted octanol–water partition coefficient (Wildman–Crippen LogP) is 2.49. The standard InChI is InChI=1S/C18H25ClN6O2S/c1-12(2)10-25-17(19)15(13(3)23-25)9-20-22-16(26)8-14-11-28-18(21-14)24-4-6-27-7-5-24/h9,11-12H,4-8,10H2,1-3H3,(H,22,26)/b20-9-. The molecule has 1 N–H and O–H groups in total. The van der Waals surface area contributed by atoms with Gasteiger partial charge in [0.05, 0.1) is 42.8 Å². The first-order chi connectivity index (χ1) is 13.4. The van der Waals surface area contributed by atoms with E-state index in [4.69, 9.17) is 16.3 Å². The van der Waals surface area contributed by atoms with Crippen LogP contribution in [0.5, 0.6) is 0 Å². The second-order valence-corrected chi connectivity index (χ2v) is 8.25. The summed E-state index contributed by atoms with van der Waals surface area (Å²) in [4.78, 5) is 18.9. The Kier molecular flexibility index (Phi) is 7.03. The van der Waals surface area contributed by atoms with Crippen LogP contribution in [-0.2, 0) is 22.5 Å². The molecule has 3 rings (SSSR count).